The van der Waals surface area contributed by atoms with Gasteiger partial charge in [0.05, 0.1) is 7.11 Å². The summed E-state index contributed by atoms with van der Waals surface area (Å²) in [4.78, 5) is 9.00. The van der Waals surface area contributed by atoms with Gasteiger partial charge in [-0.3, -0.25) is 0 Å². The van der Waals surface area contributed by atoms with Gasteiger partial charge in [-0.25, -0.2) is 9.97 Å². The third-order valence-corrected chi connectivity index (χ3v) is 3.67. The van der Waals surface area contributed by atoms with Crippen molar-refractivity contribution in [3.63, 3.8) is 0 Å². The van der Waals surface area contributed by atoms with E-state index >= 15 is 0 Å². The Labute approximate surface area is 117 Å². The molecule has 0 aliphatic heterocycles. The lowest BCUT2D eigenvalue weighted by molar-refractivity contribution is 0.373. The van der Waals surface area contributed by atoms with Crippen LogP contribution < -0.4 is 10.5 Å². The minimum atomic E-state index is 0.0437. The fraction of sp³-hybridized carbons (Fsp3) is 0.333. The van der Waals surface area contributed by atoms with Crippen LogP contribution >= 0.6 is 0 Å². The maximum atomic E-state index is 9.63. The summed E-state index contributed by atoms with van der Waals surface area (Å²) in [6.45, 7) is 0. The second kappa shape index (κ2) is 5.09. The van der Waals surface area contributed by atoms with E-state index < -0.39 is 0 Å². The molecule has 3 N–H and O–H groups in total. The van der Waals surface area contributed by atoms with E-state index in [1.54, 1.807) is 18.2 Å². The zero-order valence-electron chi connectivity index (χ0n) is 11.3. The number of nitrogens with zero attached hydrogens (tertiary/aromatic N) is 2. The van der Waals surface area contributed by atoms with E-state index in [1.165, 1.54) is 7.11 Å². The number of benzene rings is 1. The standard InChI is InChI=1S/C15H17N3O2/c1-20-14-7-9(5-6-13(14)19)15-17-8-10-11(16)3-2-4-12(10)18-15/h5-8,11,19H,2-4,16H2,1H3. The Morgan fingerprint density at radius 1 is 1.40 bits per heavy atom. The third-order valence-electron chi connectivity index (χ3n) is 3.67. The summed E-state index contributed by atoms with van der Waals surface area (Å²) in [5, 5.41) is 9.63. The molecular formula is C15H17N3O2. The summed E-state index contributed by atoms with van der Waals surface area (Å²) in [6.07, 6.45) is 4.81. The van der Waals surface area contributed by atoms with E-state index in [4.69, 9.17) is 10.5 Å². The molecule has 0 amide bonds. The molecule has 1 heterocycles. The van der Waals surface area contributed by atoms with Crippen LogP contribution in [-0.2, 0) is 6.42 Å². The number of ether oxygens (including phenoxy) is 1. The number of aryl methyl sites for hydroxylation is 1. The molecule has 3 rings (SSSR count). The largest absolute Gasteiger partial charge is 0.504 e. The van der Waals surface area contributed by atoms with E-state index in [0.29, 0.717) is 11.6 Å². The number of aromatic hydroxyl groups is 1. The topological polar surface area (TPSA) is 81.3 Å². The third kappa shape index (κ3) is 2.20. The first-order chi connectivity index (χ1) is 9.69. The van der Waals surface area contributed by atoms with E-state index in [-0.39, 0.29) is 11.8 Å². The molecule has 1 atom stereocenters. The van der Waals surface area contributed by atoms with Crippen molar-refractivity contribution in [1.29, 1.82) is 0 Å². The van der Waals surface area contributed by atoms with E-state index in [1.807, 2.05) is 6.20 Å². The predicted molar refractivity (Wildman–Crippen MR) is 75.6 cm³/mol. The highest BCUT2D eigenvalue weighted by Gasteiger charge is 2.19. The summed E-state index contributed by atoms with van der Waals surface area (Å²) in [5.41, 5.74) is 8.96. The van der Waals surface area contributed by atoms with Crippen molar-refractivity contribution in [2.24, 2.45) is 5.73 Å². The van der Waals surface area contributed by atoms with E-state index in [2.05, 4.69) is 9.97 Å². The molecule has 0 radical (unpaired) electrons. The highest BCUT2D eigenvalue weighted by atomic mass is 16.5. The fourth-order valence-electron chi connectivity index (χ4n) is 2.54. The van der Waals surface area contributed by atoms with E-state index in [0.717, 1.165) is 36.1 Å². The molecule has 0 spiro atoms. The Bertz CT molecular complexity index is 643. The lowest BCUT2D eigenvalue weighted by Crippen LogP contribution is -2.19. The van der Waals surface area contributed by atoms with Crippen LogP contribution in [0.15, 0.2) is 24.4 Å². The normalized spacial score (nSPS) is 17.6. The molecule has 5 heteroatoms. The monoisotopic (exact) mass is 271 g/mol. The smallest absolute Gasteiger partial charge is 0.161 e. The number of phenols is 1. The van der Waals surface area contributed by atoms with E-state index in [9.17, 15) is 5.11 Å². The molecule has 1 aliphatic carbocycles. The number of aromatic nitrogens is 2. The van der Waals surface area contributed by atoms with Crippen LogP contribution in [0.3, 0.4) is 0 Å². The van der Waals surface area contributed by atoms with Crippen LogP contribution in [0, 0.1) is 0 Å². The number of hydrogen-bond donors (Lipinski definition) is 2. The van der Waals surface area contributed by atoms with Crippen LogP contribution in [0.2, 0.25) is 0 Å². The van der Waals surface area contributed by atoms with Gasteiger partial charge in [-0.15, -0.1) is 0 Å². The van der Waals surface area contributed by atoms with Crippen molar-refractivity contribution in [3.8, 4) is 22.9 Å². The number of fused-ring (bicyclic) bond motifs is 1. The fourth-order valence-corrected chi connectivity index (χ4v) is 2.54. The molecule has 1 aromatic carbocycles. The molecule has 1 aromatic heterocycles. The van der Waals surface area contributed by atoms with Gasteiger partial charge in [0.1, 0.15) is 0 Å². The van der Waals surface area contributed by atoms with Crippen molar-refractivity contribution in [2.75, 3.05) is 7.11 Å². The lowest BCUT2D eigenvalue weighted by atomic mass is 9.93. The Hall–Kier alpha value is -2.14. The molecule has 1 unspecified atom stereocenters. The molecule has 0 saturated heterocycles. The Balaban J connectivity index is 2.02. The summed E-state index contributed by atoms with van der Waals surface area (Å²) in [5.74, 6) is 1.16. The SMILES string of the molecule is COc1cc(-c2ncc3c(n2)CCCC3N)ccc1O. The van der Waals surface area contributed by atoms with Gasteiger partial charge in [0.2, 0.25) is 0 Å². The van der Waals surface area contributed by atoms with Crippen molar-refractivity contribution in [3.05, 3.63) is 35.7 Å². The van der Waals surface area contributed by atoms with Crippen LogP contribution in [0.1, 0.15) is 30.1 Å². The van der Waals surface area contributed by atoms with Gasteiger partial charge in [0, 0.05) is 29.1 Å². The Morgan fingerprint density at radius 2 is 2.25 bits per heavy atom. The molecule has 2 aromatic rings. The van der Waals surface area contributed by atoms with Gasteiger partial charge < -0.3 is 15.6 Å². The molecular weight excluding hydrogens is 254 g/mol. The maximum absolute atomic E-state index is 9.63. The van der Waals surface area contributed by atoms with Crippen molar-refractivity contribution < 1.29 is 9.84 Å². The minimum Gasteiger partial charge on any atom is -0.504 e. The van der Waals surface area contributed by atoms with Crippen LogP contribution in [0.25, 0.3) is 11.4 Å². The van der Waals surface area contributed by atoms with Crippen LogP contribution in [0.5, 0.6) is 11.5 Å². The predicted octanol–water partition coefficient (Wildman–Crippen LogP) is 2.19. The number of methoxy groups -OCH3 is 1. The Morgan fingerprint density at radius 3 is 3.05 bits per heavy atom. The van der Waals surface area contributed by atoms with Gasteiger partial charge >= 0.3 is 0 Å². The number of rotatable bonds is 2. The quantitative estimate of drug-likeness (QED) is 0.875. The first-order valence-corrected chi connectivity index (χ1v) is 6.68. The van der Waals surface area contributed by atoms with Crippen molar-refractivity contribution >= 4 is 0 Å². The first kappa shape index (κ1) is 12.9. The highest BCUT2D eigenvalue weighted by Crippen LogP contribution is 2.32. The zero-order valence-corrected chi connectivity index (χ0v) is 11.3. The second-order valence-corrected chi connectivity index (χ2v) is 4.98. The number of nitrogens with two attached hydrogens (primary N) is 1. The molecule has 20 heavy (non-hydrogen) atoms. The molecule has 0 saturated carbocycles. The molecule has 1 aliphatic rings. The van der Waals surface area contributed by atoms with Gasteiger partial charge in [-0.1, -0.05) is 0 Å². The molecule has 0 fully saturated rings. The highest BCUT2D eigenvalue weighted by molar-refractivity contribution is 5.61. The maximum Gasteiger partial charge on any atom is 0.161 e. The summed E-state index contributed by atoms with van der Waals surface area (Å²) in [7, 11) is 1.52. The molecule has 5 nitrogen and oxygen atoms in total. The first-order valence-electron chi connectivity index (χ1n) is 6.68. The van der Waals surface area contributed by atoms with Gasteiger partial charge in [0.15, 0.2) is 17.3 Å². The number of hydrogen-bond acceptors (Lipinski definition) is 5. The van der Waals surface area contributed by atoms with Gasteiger partial charge in [-0.2, -0.15) is 0 Å². The second-order valence-electron chi connectivity index (χ2n) is 4.98. The summed E-state index contributed by atoms with van der Waals surface area (Å²) in [6, 6.07) is 5.15. The van der Waals surface area contributed by atoms with Gasteiger partial charge in [-0.05, 0) is 37.5 Å². The summed E-state index contributed by atoms with van der Waals surface area (Å²) < 4.78 is 5.11. The van der Waals surface area contributed by atoms with Crippen LogP contribution in [0.4, 0.5) is 0 Å². The number of phenolic OH excluding ortho intramolecular Hbond substituents is 1. The average molecular weight is 271 g/mol. The minimum absolute atomic E-state index is 0.0437. The van der Waals surface area contributed by atoms with Crippen molar-refractivity contribution in [1.82, 2.24) is 9.97 Å². The van der Waals surface area contributed by atoms with Gasteiger partial charge in [0.25, 0.3) is 0 Å². The van der Waals surface area contributed by atoms with Crippen LogP contribution in [-0.4, -0.2) is 22.2 Å². The summed E-state index contributed by atoms with van der Waals surface area (Å²) >= 11 is 0. The Kier molecular flexibility index (Phi) is 3.28. The zero-order chi connectivity index (χ0) is 14.1. The molecule has 0 bridgehead atoms. The molecule has 104 valence electrons. The lowest BCUT2D eigenvalue weighted by Gasteiger charge is -2.21. The average Bonchev–Trinajstić information content (AvgIpc) is 2.47. The van der Waals surface area contributed by atoms with Crippen molar-refractivity contribution in [2.45, 2.75) is 25.3 Å².